The highest BCUT2D eigenvalue weighted by molar-refractivity contribution is 5.76. The van der Waals surface area contributed by atoms with E-state index in [4.69, 9.17) is 0 Å². The number of carbonyl (C=O) groups is 1. The zero-order chi connectivity index (χ0) is 14.3. The summed E-state index contributed by atoms with van der Waals surface area (Å²) < 4.78 is 1.99. The van der Waals surface area contributed by atoms with E-state index < -0.39 is 0 Å². The lowest BCUT2D eigenvalue weighted by atomic mass is 10.2. The van der Waals surface area contributed by atoms with Gasteiger partial charge in [0.05, 0.1) is 11.4 Å². The summed E-state index contributed by atoms with van der Waals surface area (Å²) in [4.78, 5) is 11.5. The van der Waals surface area contributed by atoms with Crippen LogP contribution in [0.15, 0.2) is 6.07 Å². The van der Waals surface area contributed by atoms with Gasteiger partial charge in [-0.25, -0.2) is 0 Å². The Morgan fingerprint density at radius 3 is 2.84 bits per heavy atom. The molecule has 0 aliphatic heterocycles. The first-order chi connectivity index (χ1) is 9.02. The van der Waals surface area contributed by atoms with E-state index in [1.165, 1.54) is 5.69 Å². The van der Waals surface area contributed by atoms with Gasteiger partial charge in [0.15, 0.2) is 0 Å². The maximum Gasteiger partial charge on any atom is 0.221 e. The summed E-state index contributed by atoms with van der Waals surface area (Å²) in [7, 11) is 0. The van der Waals surface area contributed by atoms with Crippen LogP contribution in [-0.4, -0.2) is 28.8 Å². The smallest absolute Gasteiger partial charge is 0.221 e. The van der Waals surface area contributed by atoms with E-state index in [1.54, 1.807) is 0 Å². The van der Waals surface area contributed by atoms with Crippen LogP contribution < -0.4 is 10.6 Å². The third-order valence-corrected chi connectivity index (χ3v) is 2.83. The van der Waals surface area contributed by atoms with E-state index >= 15 is 0 Å². The molecular weight excluding hydrogens is 240 g/mol. The van der Waals surface area contributed by atoms with Crippen LogP contribution in [-0.2, 0) is 17.9 Å². The third-order valence-electron chi connectivity index (χ3n) is 2.83. The lowest BCUT2D eigenvalue weighted by molar-refractivity contribution is -0.121. The number of nitrogens with one attached hydrogen (secondary N) is 2. The fraction of sp³-hybridized carbons (Fsp3) is 0.714. The van der Waals surface area contributed by atoms with E-state index in [2.05, 4.69) is 42.6 Å². The first kappa shape index (κ1) is 15.7. The van der Waals surface area contributed by atoms with Crippen molar-refractivity contribution in [2.75, 3.05) is 13.1 Å². The first-order valence-electron chi connectivity index (χ1n) is 7.03. The van der Waals surface area contributed by atoms with Gasteiger partial charge in [-0.1, -0.05) is 13.8 Å². The zero-order valence-corrected chi connectivity index (χ0v) is 12.5. The molecule has 108 valence electrons. The summed E-state index contributed by atoms with van der Waals surface area (Å²) in [6.45, 7) is 11.3. The molecule has 1 heterocycles. The van der Waals surface area contributed by atoms with E-state index in [0.29, 0.717) is 18.9 Å². The van der Waals surface area contributed by atoms with Crippen LogP contribution >= 0.6 is 0 Å². The molecule has 5 heteroatoms. The molecule has 19 heavy (non-hydrogen) atoms. The van der Waals surface area contributed by atoms with E-state index in [9.17, 15) is 4.79 Å². The van der Waals surface area contributed by atoms with Crippen molar-refractivity contribution in [1.82, 2.24) is 20.4 Å². The Morgan fingerprint density at radius 2 is 2.21 bits per heavy atom. The van der Waals surface area contributed by atoms with Crippen LogP contribution in [0.4, 0.5) is 0 Å². The zero-order valence-electron chi connectivity index (χ0n) is 12.5. The molecule has 0 aromatic carbocycles. The fourth-order valence-corrected chi connectivity index (χ4v) is 1.84. The highest BCUT2D eigenvalue weighted by Crippen LogP contribution is 2.03. The molecule has 0 atom stereocenters. The highest BCUT2D eigenvalue weighted by atomic mass is 16.1. The molecule has 0 unspecified atom stereocenters. The maximum absolute atomic E-state index is 11.5. The fourth-order valence-electron chi connectivity index (χ4n) is 1.84. The SMILES string of the molecule is CCn1nc(C)cc1CNCCC(=O)NCC(C)C. The molecule has 0 aliphatic rings. The molecule has 0 saturated carbocycles. The van der Waals surface area contributed by atoms with E-state index in [1.807, 2.05) is 11.6 Å². The second kappa shape index (κ2) is 7.94. The molecule has 1 amide bonds. The van der Waals surface area contributed by atoms with Crippen LogP contribution in [0.1, 0.15) is 38.6 Å². The molecule has 1 aromatic rings. The Bertz CT molecular complexity index is 398. The second-order valence-corrected chi connectivity index (χ2v) is 5.22. The van der Waals surface area contributed by atoms with Crippen molar-refractivity contribution in [2.24, 2.45) is 5.92 Å². The van der Waals surface area contributed by atoms with Crippen LogP contribution in [0, 0.1) is 12.8 Å². The lowest BCUT2D eigenvalue weighted by Gasteiger charge is -2.09. The van der Waals surface area contributed by atoms with Crippen molar-refractivity contribution in [3.8, 4) is 0 Å². The Hall–Kier alpha value is -1.36. The van der Waals surface area contributed by atoms with Gasteiger partial charge in [-0.05, 0) is 25.8 Å². The summed E-state index contributed by atoms with van der Waals surface area (Å²) >= 11 is 0. The van der Waals surface area contributed by atoms with Crippen molar-refractivity contribution in [2.45, 2.75) is 47.2 Å². The molecule has 0 bridgehead atoms. The molecule has 0 saturated heterocycles. The number of nitrogens with zero attached hydrogens (tertiary/aromatic N) is 2. The number of hydrogen-bond acceptors (Lipinski definition) is 3. The first-order valence-corrected chi connectivity index (χ1v) is 7.03. The summed E-state index contributed by atoms with van der Waals surface area (Å²) in [6, 6.07) is 2.08. The largest absolute Gasteiger partial charge is 0.356 e. The minimum absolute atomic E-state index is 0.112. The van der Waals surface area contributed by atoms with Gasteiger partial charge >= 0.3 is 0 Å². The van der Waals surface area contributed by atoms with E-state index in [0.717, 1.165) is 25.3 Å². The standard InChI is InChI=1S/C14H26N4O/c1-5-18-13(8-12(4)17-18)10-15-7-6-14(19)16-9-11(2)3/h8,11,15H,5-7,9-10H2,1-4H3,(H,16,19). The van der Waals surface area contributed by atoms with Gasteiger partial charge in [0.25, 0.3) is 0 Å². The molecule has 2 N–H and O–H groups in total. The molecule has 0 fully saturated rings. The summed E-state index contributed by atoms with van der Waals surface area (Å²) in [5, 5.41) is 10.6. The number of amides is 1. The Balaban J connectivity index is 2.21. The number of aryl methyl sites for hydroxylation is 2. The monoisotopic (exact) mass is 266 g/mol. The molecule has 5 nitrogen and oxygen atoms in total. The van der Waals surface area contributed by atoms with Crippen LogP contribution in [0.5, 0.6) is 0 Å². The lowest BCUT2D eigenvalue weighted by Crippen LogP contribution is -2.30. The quantitative estimate of drug-likeness (QED) is 0.700. The van der Waals surface area contributed by atoms with Gasteiger partial charge in [0.1, 0.15) is 0 Å². The van der Waals surface area contributed by atoms with Crippen molar-refractivity contribution in [3.05, 3.63) is 17.5 Å². The van der Waals surface area contributed by atoms with Gasteiger partial charge in [-0.15, -0.1) is 0 Å². The third kappa shape index (κ3) is 5.87. The van der Waals surface area contributed by atoms with Gasteiger partial charge in [-0.2, -0.15) is 5.10 Å². The molecule has 0 radical (unpaired) electrons. The molecule has 1 aromatic heterocycles. The number of carbonyl (C=O) groups excluding carboxylic acids is 1. The van der Waals surface area contributed by atoms with Gasteiger partial charge in [-0.3, -0.25) is 9.48 Å². The van der Waals surface area contributed by atoms with Gasteiger partial charge < -0.3 is 10.6 Å². The summed E-state index contributed by atoms with van der Waals surface area (Å²) in [5.74, 6) is 0.611. The molecule has 0 spiro atoms. The van der Waals surface area contributed by atoms with Crippen molar-refractivity contribution in [1.29, 1.82) is 0 Å². The molecular formula is C14H26N4O. The molecule has 0 aliphatic carbocycles. The normalized spacial score (nSPS) is 11.0. The van der Waals surface area contributed by atoms with Gasteiger partial charge in [0, 0.05) is 32.6 Å². The number of hydrogen-bond donors (Lipinski definition) is 2. The maximum atomic E-state index is 11.5. The van der Waals surface area contributed by atoms with E-state index in [-0.39, 0.29) is 5.91 Å². The predicted octanol–water partition coefficient (Wildman–Crippen LogP) is 1.46. The average Bonchev–Trinajstić information content (AvgIpc) is 2.72. The molecule has 1 rings (SSSR count). The number of aromatic nitrogens is 2. The van der Waals surface area contributed by atoms with Crippen LogP contribution in [0.2, 0.25) is 0 Å². The van der Waals surface area contributed by atoms with Gasteiger partial charge in [0.2, 0.25) is 5.91 Å². The number of rotatable bonds is 8. The average molecular weight is 266 g/mol. The Kier molecular flexibility index (Phi) is 6.56. The topological polar surface area (TPSA) is 59.0 Å². The van der Waals surface area contributed by atoms with Crippen molar-refractivity contribution >= 4 is 5.91 Å². The minimum Gasteiger partial charge on any atom is -0.356 e. The summed E-state index contributed by atoms with van der Waals surface area (Å²) in [5.41, 5.74) is 2.20. The van der Waals surface area contributed by atoms with Crippen LogP contribution in [0.25, 0.3) is 0 Å². The van der Waals surface area contributed by atoms with Crippen LogP contribution in [0.3, 0.4) is 0 Å². The highest BCUT2D eigenvalue weighted by Gasteiger charge is 2.05. The van der Waals surface area contributed by atoms with Crippen molar-refractivity contribution in [3.63, 3.8) is 0 Å². The second-order valence-electron chi connectivity index (χ2n) is 5.22. The van der Waals surface area contributed by atoms with Crippen molar-refractivity contribution < 1.29 is 4.79 Å². The minimum atomic E-state index is 0.112. The summed E-state index contributed by atoms with van der Waals surface area (Å²) in [6.07, 6.45) is 0.520. The Morgan fingerprint density at radius 1 is 1.47 bits per heavy atom. The Labute approximate surface area is 115 Å². The predicted molar refractivity (Wildman–Crippen MR) is 76.8 cm³/mol.